The van der Waals surface area contributed by atoms with Crippen LogP contribution in [0.2, 0.25) is 0 Å². The van der Waals surface area contributed by atoms with Crippen LogP contribution < -0.4 is 10.7 Å². The van der Waals surface area contributed by atoms with Crippen molar-refractivity contribution < 1.29 is 47.0 Å². The number of ether oxygens (including phenoxy) is 1. The minimum atomic E-state index is -5.23. The molecule has 0 fully saturated rings. The van der Waals surface area contributed by atoms with E-state index in [0.717, 1.165) is 0 Å². The molecule has 1 aliphatic rings. The molecule has 12 heteroatoms. The van der Waals surface area contributed by atoms with E-state index in [2.05, 4.69) is 9.18 Å². The van der Waals surface area contributed by atoms with Gasteiger partial charge in [-0.25, -0.2) is 22.4 Å². The van der Waals surface area contributed by atoms with Crippen LogP contribution in [0.1, 0.15) is 12.8 Å². The van der Waals surface area contributed by atoms with Crippen molar-refractivity contribution in [2.45, 2.75) is 24.7 Å². The molecule has 0 saturated heterocycles. The van der Waals surface area contributed by atoms with Crippen LogP contribution in [0.25, 0.3) is 0 Å². The van der Waals surface area contributed by atoms with Gasteiger partial charge < -0.3 is 30.3 Å². The van der Waals surface area contributed by atoms with Crippen LogP contribution >= 0.6 is 0 Å². The molecule has 126 valence electrons. The Hall–Kier alpha value is -1.73. The highest BCUT2D eigenvalue weighted by Gasteiger charge is 2.43. The molecule has 0 aromatic carbocycles. The van der Waals surface area contributed by atoms with E-state index in [1.807, 2.05) is 0 Å². The topological polar surface area (TPSA) is 193 Å². The van der Waals surface area contributed by atoms with Crippen molar-refractivity contribution in [2.75, 3.05) is 13.7 Å². The molecule has 0 radical (unpaired) electrons. The van der Waals surface area contributed by atoms with E-state index < -0.39 is 47.6 Å². The standard InChI is InChI=1S/C10H16N2O9S/c1-20-8-5(11)2-10(16,21-22(17,18)19)3-6(8)12-7(4-13)9(14)15/h7,13,16H,2-4,11H2,1H3,(H,14,15)(H,17,18,19). The average molecular weight is 340 g/mol. The molecular formula is C10H16N2O9S. The quantitative estimate of drug-likeness (QED) is 0.179. The third kappa shape index (κ3) is 4.64. The Labute approximate surface area is 125 Å². The lowest BCUT2D eigenvalue weighted by molar-refractivity contribution is -0.496. The second kappa shape index (κ2) is 6.58. The van der Waals surface area contributed by atoms with Gasteiger partial charge in [-0.1, -0.05) is 0 Å². The predicted octanol–water partition coefficient (Wildman–Crippen LogP) is -4.27. The van der Waals surface area contributed by atoms with E-state index in [-0.39, 0.29) is 17.2 Å². The molecule has 0 aromatic rings. The minimum absolute atomic E-state index is 0.0312. The fourth-order valence-electron chi connectivity index (χ4n) is 2.01. The van der Waals surface area contributed by atoms with Gasteiger partial charge in [0.05, 0.1) is 19.2 Å². The van der Waals surface area contributed by atoms with Crippen LogP contribution in [-0.2, 0) is 24.1 Å². The summed E-state index contributed by atoms with van der Waals surface area (Å²) < 4.78 is 41.0. The van der Waals surface area contributed by atoms with Gasteiger partial charge in [-0.05, 0) is 0 Å². The Morgan fingerprint density at radius 2 is 2.14 bits per heavy atom. The Bertz CT molecular complexity index is 612. The number of aliphatic hydroxyl groups excluding tert-OH is 1. The molecule has 2 atom stereocenters. The van der Waals surface area contributed by atoms with E-state index in [1.54, 1.807) is 0 Å². The molecule has 22 heavy (non-hydrogen) atoms. The zero-order valence-electron chi connectivity index (χ0n) is 11.5. The highest BCUT2D eigenvalue weighted by molar-refractivity contribution is 7.80. The van der Waals surface area contributed by atoms with Crippen molar-refractivity contribution >= 4 is 22.1 Å². The number of carboxylic acid groups (broad SMARTS) is 1. The van der Waals surface area contributed by atoms with Crippen molar-refractivity contribution in [3.8, 4) is 0 Å². The van der Waals surface area contributed by atoms with Gasteiger partial charge in [-0.15, -0.1) is 0 Å². The highest BCUT2D eigenvalue weighted by Crippen LogP contribution is 2.30. The van der Waals surface area contributed by atoms with Gasteiger partial charge in [-0.3, -0.25) is 0 Å². The van der Waals surface area contributed by atoms with Gasteiger partial charge >= 0.3 is 5.97 Å². The number of nitrogens with two attached hydrogens (primary N) is 1. The molecule has 0 spiro atoms. The first-order valence-electron chi connectivity index (χ1n) is 5.89. The molecule has 0 bridgehead atoms. The summed E-state index contributed by atoms with van der Waals surface area (Å²) in [6, 6.07) is -1.46. The van der Waals surface area contributed by atoms with Crippen molar-refractivity contribution in [1.29, 1.82) is 0 Å². The lowest BCUT2D eigenvalue weighted by Gasteiger charge is -2.32. The number of nitrogens with one attached hydrogen (secondary N) is 1. The predicted molar refractivity (Wildman–Crippen MR) is 67.7 cm³/mol. The molecule has 1 rings (SSSR count). The smallest absolute Gasteiger partial charge is 0.375 e. The van der Waals surface area contributed by atoms with Crippen LogP contribution in [0.5, 0.6) is 0 Å². The maximum atomic E-state index is 10.9. The van der Waals surface area contributed by atoms with Crippen molar-refractivity contribution in [1.82, 2.24) is 0 Å². The van der Waals surface area contributed by atoms with Gasteiger partial charge in [0, 0.05) is 6.42 Å². The van der Waals surface area contributed by atoms with Crippen LogP contribution in [0, 0.1) is 0 Å². The number of hydrogen-bond acceptors (Lipinski definition) is 9. The Balaban J connectivity index is 3.26. The molecule has 0 heterocycles. The number of methoxy groups -OCH3 is 1. The molecular weight excluding hydrogens is 324 g/mol. The Kier molecular flexibility index (Phi) is 5.48. The largest absolute Gasteiger partial charge is 0.725 e. The number of aliphatic hydroxyl groups is 2. The van der Waals surface area contributed by atoms with Gasteiger partial charge in [0.1, 0.15) is 6.61 Å². The van der Waals surface area contributed by atoms with Crippen LogP contribution in [0.15, 0.2) is 11.5 Å². The molecule has 2 unspecified atom stereocenters. The lowest BCUT2D eigenvalue weighted by Crippen LogP contribution is -2.84. The number of allylic oxidation sites excluding steroid dienone is 1. The number of rotatable bonds is 6. The molecule has 1 aliphatic carbocycles. The third-order valence-electron chi connectivity index (χ3n) is 2.78. The SMILES string of the molecule is COC1=C(N)CC(O)(OS(=O)(=O)[O-])CC1=[NH+]C(CO)C(=O)O. The first kappa shape index (κ1) is 18.3. The summed E-state index contributed by atoms with van der Waals surface area (Å²) in [5.41, 5.74) is 5.33. The van der Waals surface area contributed by atoms with Gasteiger partial charge in [-0.2, -0.15) is 0 Å². The van der Waals surface area contributed by atoms with E-state index >= 15 is 0 Å². The lowest BCUT2D eigenvalue weighted by atomic mass is 9.94. The minimum Gasteiger partial charge on any atom is -0.725 e. The molecule has 11 nitrogen and oxygen atoms in total. The van der Waals surface area contributed by atoms with Crippen molar-refractivity contribution in [3.05, 3.63) is 11.5 Å². The Morgan fingerprint density at radius 3 is 2.55 bits per heavy atom. The van der Waals surface area contributed by atoms with Crippen molar-refractivity contribution in [2.24, 2.45) is 5.73 Å². The molecule has 0 amide bonds. The van der Waals surface area contributed by atoms with E-state index in [1.165, 1.54) is 7.11 Å². The maximum absolute atomic E-state index is 10.9. The monoisotopic (exact) mass is 340 g/mol. The maximum Gasteiger partial charge on any atom is 0.375 e. The van der Waals surface area contributed by atoms with Gasteiger partial charge in [0.25, 0.3) is 6.04 Å². The third-order valence-corrected chi connectivity index (χ3v) is 3.29. The fourth-order valence-corrected chi connectivity index (χ4v) is 2.50. The fraction of sp³-hybridized carbons (Fsp3) is 0.600. The highest BCUT2D eigenvalue weighted by atomic mass is 32.3. The van der Waals surface area contributed by atoms with Gasteiger partial charge in [0.15, 0.2) is 5.79 Å². The summed E-state index contributed by atoms with van der Waals surface area (Å²) in [5.74, 6) is -3.92. The number of carbonyl (C=O) groups is 1. The second-order valence-electron chi connectivity index (χ2n) is 4.55. The Morgan fingerprint density at radius 1 is 1.55 bits per heavy atom. The van der Waals surface area contributed by atoms with Crippen LogP contribution in [-0.4, -0.2) is 65.5 Å². The molecule has 0 aromatic heterocycles. The summed E-state index contributed by atoms with van der Waals surface area (Å²) in [7, 11) is -4.01. The zero-order chi connectivity index (χ0) is 17.1. The summed E-state index contributed by atoms with van der Waals surface area (Å²) >= 11 is 0. The molecule has 0 aliphatic heterocycles. The van der Waals surface area contributed by atoms with E-state index in [9.17, 15) is 22.9 Å². The van der Waals surface area contributed by atoms with Crippen molar-refractivity contribution in [3.63, 3.8) is 0 Å². The first-order valence-corrected chi connectivity index (χ1v) is 7.22. The van der Waals surface area contributed by atoms with Gasteiger partial charge in [0.2, 0.25) is 21.9 Å². The molecule has 0 saturated carbocycles. The summed E-state index contributed by atoms with van der Waals surface area (Å²) in [4.78, 5) is 13.3. The van der Waals surface area contributed by atoms with Crippen LogP contribution in [0.3, 0.4) is 0 Å². The average Bonchev–Trinajstić information content (AvgIpc) is 2.32. The summed E-state index contributed by atoms with van der Waals surface area (Å²) in [6.45, 7) is -0.797. The number of carboxylic acids is 1. The second-order valence-corrected chi connectivity index (χ2v) is 5.53. The first-order chi connectivity index (χ1) is 10.0. The summed E-state index contributed by atoms with van der Waals surface area (Å²) in [6.07, 6.45) is -1.15. The summed E-state index contributed by atoms with van der Waals surface area (Å²) in [5, 5.41) is 27.9. The number of aliphatic carboxylic acids is 1. The normalized spacial score (nSPS) is 26.1. The van der Waals surface area contributed by atoms with E-state index in [4.69, 9.17) is 20.7 Å². The molecule has 6 N–H and O–H groups in total. The zero-order valence-corrected chi connectivity index (χ0v) is 12.3. The van der Waals surface area contributed by atoms with Crippen LogP contribution in [0.4, 0.5) is 0 Å². The van der Waals surface area contributed by atoms with E-state index in [0.29, 0.717) is 0 Å². The number of hydrogen-bond donors (Lipinski definition) is 5.